The van der Waals surface area contributed by atoms with E-state index in [2.05, 4.69) is 0 Å². The van der Waals surface area contributed by atoms with E-state index in [9.17, 15) is 14.5 Å². The van der Waals surface area contributed by atoms with Gasteiger partial charge in [-0.2, -0.15) is 0 Å². The molecule has 4 nitrogen and oxygen atoms in total. The molecule has 4 aromatic rings. The molecular weight excluding hydrogens is 395 g/mol. The molecule has 0 heterocycles. The molecule has 0 aliphatic carbocycles. The van der Waals surface area contributed by atoms with Crippen LogP contribution in [-0.4, -0.2) is 10.9 Å². The lowest BCUT2D eigenvalue weighted by Crippen LogP contribution is -2.20. The molecule has 0 fully saturated rings. The Hall–Kier alpha value is -3.62. The van der Waals surface area contributed by atoms with E-state index in [4.69, 9.17) is 4.52 Å². The highest BCUT2D eigenvalue weighted by Gasteiger charge is 2.32. The van der Waals surface area contributed by atoms with Gasteiger partial charge in [0.1, 0.15) is 17.1 Å². The third-order valence-electron chi connectivity index (χ3n) is 4.69. The standard InChI is InChI=1S/C25H19O4P/c26-22-17-10-18-23(24(22)25(27)19-11-4-1-5-12-19)29-30(28,20-13-6-2-7-14-20)21-15-8-3-9-16-21/h1-18,26H. The van der Waals surface area contributed by atoms with Crippen molar-refractivity contribution in [3.63, 3.8) is 0 Å². The van der Waals surface area contributed by atoms with Gasteiger partial charge >= 0.3 is 7.37 Å². The van der Waals surface area contributed by atoms with E-state index in [0.29, 0.717) is 16.2 Å². The van der Waals surface area contributed by atoms with Gasteiger partial charge in [0.2, 0.25) is 5.78 Å². The second-order valence-electron chi connectivity index (χ2n) is 6.66. The summed E-state index contributed by atoms with van der Waals surface area (Å²) in [6.45, 7) is 0. The number of ketones is 1. The number of hydrogen-bond donors (Lipinski definition) is 1. The fourth-order valence-corrected chi connectivity index (χ4v) is 5.27. The zero-order valence-electron chi connectivity index (χ0n) is 16.0. The van der Waals surface area contributed by atoms with E-state index < -0.39 is 13.2 Å². The fraction of sp³-hybridized carbons (Fsp3) is 0. The Bertz CT molecular complexity index is 1160. The minimum Gasteiger partial charge on any atom is -0.507 e. The maximum absolute atomic E-state index is 14.2. The summed E-state index contributed by atoms with van der Waals surface area (Å²) < 4.78 is 20.3. The Labute approximate surface area is 174 Å². The smallest absolute Gasteiger partial charge is 0.306 e. The first-order valence-electron chi connectivity index (χ1n) is 9.42. The van der Waals surface area contributed by atoms with Crippen LogP contribution >= 0.6 is 7.37 Å². The molecule has 4 rings (SSSR count). The van der Waals surface area contributed by atoms with E-state index in [1.807, 2.05) is 12.1 Å². The molecule has 0 saturated heterocycles. The normalized spacial score (nSPS) is 11.1. The van der Waals surface area contributed by atoms with Crippen LogP contribution in [0.15, 0.2) is 109 Å². The average Bonchev–Trinajstić information content (AvgIpc) is 2.80. The summed E-state index contributed by atoms with van der Waals surface area (Å²) in [6, 6.07) is 30.9. The third kappa shape index (κ3) is 3.78. The van der Waals surface area contributed by atoms with Gasteiger partial charge in [0.15, 0.2) is 0 Å². The van der Waals surface area contributed by atoms with E-state index in [1.54, 1.807) is 91.0 Å². The SMILES string of the molecule is O=C(c1ccccc1)c1c(O)cccc1OP(=O)(c1ccccc1)c1ccccc1. The summed E-state index contributed by atoms with van der Waals surface area (Å²) in [5.74, 6) is -0.565. The third-order valence-corrected chi connectivity index (χ3v) is 7.10. The van der Waals surface area contributed by atoms with Crippen LogP contribution in [-0.2, 0) is 4.57 Å². The topological polar surface area (TPSA) is 63.6 Å². The monoisotopic (exact) mass is 414 g/mol. The number of aromatic hydroxyl groups is 1. The number of phenolic OH excluding ortho intramolecular Hbond substituents is 1. The summed E-state index contributed by atoms with van der Waals surface area (Å²) >= 11 is 0. The molecule has 0 atom stereocenters. The fourth-order valence-electron chi connectivity index (χ4n) is 3.20. The van der Waals surface area contributed by atoms with Crippen molar-refractivity contribution < 1.29 is 19.0 Å². The van der Waals surface area contributed by atoms with Crippen molar-refractivity contribution in [1.29, 1.82) is 0 Å². The minimum atomic E-state index is -3.59. The van der Waals surface area contributed by atoms with Gasteiger partial charge < -0.3 is 9.63 Å². The number of phenols is 1. The molecule has 0 amide bonds. The Morgan fingerprint density at radius 3 is 1.70 bits per heavy atom. The number of benzene rings is 4. The van der Waals surface area contributed by atoms with Crippen LogP contribution in [0.3, 0.4) is 0 Å². The first-order chi connectivity index (χ1) is 14.6. The van der Waals surface area contributed by atoms with E-state index in [-0.39, 0.29) is 17.1 Å². The van der Waals surface area contributed by atoms with Crippen molar-refractivity contribution in [2.75, 3.05) is 0 Å². The molecule has 0 radical (unpaired) electrons. The molecule has 4 aromatic carbocycles. The molecule has 0 aromatic heterocycles. The van der Waals surface area contributed by atoms with Gasteiger partial charge in [-0.1, -0.05) is 72.8 Å². The second kappa shape index (κ2) is 8.40. The summed E-state index contributed by atoms with van der Waals surface area (Å²) in [7, 11) is -3.59. The predicted molar refractivity (Wildman–Crippen MR) is 118 cm³/mol. The summed E-state index contributed by atoms with van der Waals surface area (Å²) in [6.07, 6.45) is 0. The van der Waals surface area contributed by atoms with Crippen molar-refractivity contribution in [2.24, 2.45) is 0 Å². The van der Waals surface area contributed by atoms with Crippen LogP contribution < -0.4 is 15.1 Å². The first kappa shape index (κ1) is 19.7. The Balaban J connectivity index is 1.85. The second-order valence-corrected chi connectivity index (χ2v) is 8.98. The van der Waals surface area contributed by atoms with E-state index in [0.717, 1.165) is 0 Å². The van der Waals surface area contributed by atoms with Crippen LogP contribution in [0, 0.1) is 0 Å². The predicted octanol–water partition coefficient (Wildman–Crippen LogP) is 4.93. The van der Waals surface area contributed by atoms with Gasteiger partial charge in [-0.3, -0.25) is 9.36 Å². The van der Waals surface area contributed by atoms with Gasteiger partial charge in [0.05, 0.1) is 10.6 Å². The van der Waals surface area contributed by atoms with E-state index >= 15 is 0 Å². The lowest BCUT2D eigenvalue weighted by Gasteiger charge is -2.22. The van der Waals surface area contributed by atoms with Crippen molar-refractivity contribution in [3.05, 3.63) is 120 Å². The molecule has 0 saturated carbocycles. The quantitative estimate of drug-likeness (QED) is 0.359. The van der Waals surface area contributed by atoms with Crippen molar-refractivity contribution in [2.45, 2.75) is 0 Å². The molecule has 0 bridgehead atoms. The van der Waals surface area contributed by atoms with Crippen LogP contribution in [0.5, 0.6) is 11.5 Å². The number of carbonyl (C=O) groups is 1. The first-order valence-corrected chi connectivity index (χ1v) is 11.0. The highest BCUT2D eigenvalue weighted by Crippen LogP contribution is 2.47. The van der Waals surface area contributed by atoms with Crippen LogP contribution in [0.2, 0.25) is 0 Å². The van der Waals surface area contributed by atoms with Crippen molar-refractivity contribution in [3.8, 4) is 11.5 Å². The largest absolute Gasteiger partial charge is 0.507 e. The molecule has 1 N–H and O–H groups in total. The molecule has 0 aliphatic rings. The van der Waals surface area contributed by atoms with Crippen LogP contribution in [0.1, 0.15) is 15.9 Å². The zero-order chi connectivity index (χ0) is 21.0. The number of hydrogen-bond acceptors (Lipinski definition) is 4. The molecule has 148 valence electrons. The summed E-state index contributed by atoms with van der Waals surface area (Å²) in [5, 5.41) is 11.5. The van der Waals surface area contributed by atoms with Crippen molar-refractivity contribution in [1.82, 2.24) is 0 Å². The average molecular weight is 414 g/mol. The Kier molecular flexibility index (Phi) is 5.51. The molecular formula is C25H19O4P. The van der Waals surface area contributed by atoms with Gasteiger partial charge in [-0.15, -0.1) is 0 Å². The van der Waals surface area contributed by atoms with Gasteiger partial charge in [-0.05, 0) is 36.4 Å². The maximum Gasteiger partial charge on any atom is 0.306 e. The highest BCUT2D eigenvalue weighted by atomic mass is 31.2. The van der Waals surface area contributed by atoms with Gasteiger partial charge in [0, 0.05) is 5.56 Å². The minimum absolute atomic E-state index is 0.0178. The lowest BCUT2D eigenvalue weighted by atomic mass is 10.0. The summed E-state index contributed by atoms with van der Waals surface area (Å²) in [5.41, 5.74) is 0.383. The van der Waals surface area contributed by atoms with E-state index in [1.165, 1.54) is 6.07 Å². The Morgan fingerprint density at radius 1 is 0.667 bits per heavy atom. The van der Waals surface area contributed by atoms with Crippen molar-refractivity contribution >= 4 is 23.8 Å². The lowest BCUT2D eigenvalue weighted by molar-refractivity contribution is 0.103. The van der Waals surface area contributed by atoms with Crippen LogP contribution in [0.4, 0.5) is 0 Å². The maximum atomic E-state index is 14.2. The summed E-state index contributed by atoms with van der Waals surface area (Å²) in [4.78, 5) is 13.1. The molecule has 5 heteroatoms. The molecule has 30 heavy (non-hydrogen) atoms. The molecule has 0 aliphatic heterocycles. The Morgan fingerprint density at radius 2 is 1.17 bits per heavy atom. The number of rotatable bonds is 6. The van der Waals surface area contributed by atoms with Gasteiger partial charge in [0.25, 0.3) is 0 Å². The molecule has 0 unspecified atom stereocenters. The highest BCUT2D eigenvalue weighted by molar-refractivity contribution is 7.74. The van der Waals surface area contributed by atoms with Gasteiger partial charge in [-0.25, -0.2) is 0 Å². The van der Waals surface area contributed by atoms with Crippen LogP contribution in [0.25, 0.3) is 0 Å². The zero-order valence-corrected chi connectivity index (χ0v) is 16.9. The molecule has 0 spiro atoms. The number of carbonyl (C=O) groups excluding carboxylic acids is 1.